The zero-order valence-corrected chi connectivity index (χ0v) is 11.9. The molecule has 2 amide bonds. The van der Waals surface area contributed by atoms with E-state index in [9.17, 15) is 9.59 Å². The van der Waals surface area contributed by atoms with Crippen LogP contribution in [0, 0.1) is 5.92 Å². The van der Waals surface area contributed by atoms with E-state index in [-0.39, 0.29) is 23.8 Å². The summed E-state index contributed by atoms with van der Waals surface area (Å²) in [6, 6.07) is 0.793. The molecule has 0 aromatic rings. The van der Waals surface area contributed by atoms with Crippen LogP contribution in [0.3, 0.4) is 0 Å². The van der Waals surface area contributed by atoms with Crippen LogP contribution in [0.5, 0.6) is 0 Å². The lowest BCUT2D eigenvalue weighted by Gasteiger charge is -2.33. The first-order chi connectivity index (χ1) is 9.06. The van der Waals surface area contributed by atoms with Gasteiger partial charge in [-0.2, -0.15) is 0 Å². The molecule has 0 spiro atoms. The van der Waals surface area contributed by atoms with Gasteiger partial charge in [0.25, 0.3) is 0 Å². The van der Waals surface area contributed by atoms with E-state index >= 15 is 0 Å². The van der Waals surface area contributed by atoms with Gasteiger partial charge in [0.1, 0.15) is 0 Å². The van der Waals surface area contributed by atoms with Gasteiger partial charge in [0.2, 0.25) is 11.8 Å². The molecule has 0 radical (unpaired) electrons. The van der Waals surface area contributed by atoms with Crippen LogP contribution in [0.2, 0.25) is 0 Å². The first kappa shape index (κ1) is 14.3. The summed E-state index contributed by atoms with van der Waals surface area (Å²) in [7, 11) is 0. The number of piperidine rings is 1. The van der Waals surface area contributed by atoms with Crippen LogP contribution in [-0.2, 0) is 9.59 Å². The Labute approximate surface area is 115 Å². The summed E-state index contributed by atoms with van der Waals surface area (Å²) in [6.45, 7) is 5.81. The Bertz CT molecular complexity index is 332. The first-order valence-corrected chi connectivity index (χ1v) is 7.38. The average Bonchev–Trinajstić information content (AvgIpc) is 3.20. The lowest BCUT2D eigenvalue weighted by Crippen LogP contribution is -2.49. The van der Waals surface area contributed by atoms with Crippen LogP contribution in [0.25, 0.3) is 0 Å². The van der Waals surface area contributed by atoms with E-state index in [2.05, 4.69) is 10.6 Å². The molecular weight excluding hydrogens is 242 g/mol. The minimum Gasteiger partial charge on any atom is -0.352 e. The summed E-state index contributed by atoms with van der Waals surface area (Å²) in [4.78, 5) is 25.5. The van der Waals surface area contributed by atoms with Crippen molar-refractivity contribution in [2.45, 2.75) is 51.6 Å². The number of amides is 2. The molecular formula is C14H25N3O2. The molecule has 1 saturated heterocycles. The fourth-order valence-corrected chi connectivity index (χ4v) is 2.41. The number of nitrogens with zero attached hydrogens (tertiary/aromatic N) is 1. The summed E-state index contributed by atoms with van der Waals surface area (Å²) in [5.74, 6) is 0.370. The van der Waals surface area contributed by atoms with Gasteiger partial charge in [0.15, 0.2) is 0 Å². The van der Waals surface area contributed by atoms with Gasteiger partial charge in [-0.1, -0.05) is 13.8 Å². The smallest absolute Gasteiger partial charge is 0.234 e. The molecule has 5 nitrogen and oxygen atoms in total. The van der Waals surface area contributed by atoms with E-state index in [1.165, 1.54) is 12.8 Å². The van der Waals surface area contributed by atoms with Gasteiger partial charge in [0, 0.05) is 31.1 Å². The number of hydrogen-bond donors (Lipinski definition) is 2. The molecule has 1 saturated carbocycles. The van der Waals surface area contributed by atoms with Gasteiger partial charge in [0.05, 0.1) is 6.54 Å². The summed E-state index contributed by atoms with van der Waals surface area (Å²) < 4.78 is 0. The quantitative estimate of drug-likeness (QED) is 0.762. The largest absolute Gasteiger partial charge is 0.352 e. The summed E-state index contributed by atoms with van der Waals surface area (Å²) in [6.07, 6.45) is 4.13. The van der Waals surface area contributed by atoms with Crippen molar-refractivity contribution in [1.82, 2.24) is 15.5 Å². The normalized spacial score (nSPS) is 20.7. The zero-order valence-electron chi connectivity index (χ0n) is 11.9. The molecule has 2 N–H and O–H groups in total. The van der Waals surface area contributed by atoms with E-state index in [1.807, 2.05) is 18.7 Å². The number of nitrogens with one attached hydrogen (secondary N) is 2. The van der Waals surface area contributed by atoms with Crippen molar-refractivity contribution >= 4 is 11.8 Å². The fraction of sp³-hybridized carbons (Fsp3) is 0.857. The van der Waals surface area contributed by atoms with E-state index in [0.29, 0.717) is 12.6 Å². The average molecular weight is 267 g/mol. The van der Waals surface area contributed by atoms with Gasteiger partial charge in [-0.3, -0.25) is 9.59 Å². The second-order valence-electron chi connectivity index (χ2n) is 5.98. The Morgan fingerprint density at radius 3 is 2.26 bits per heavy atom. The Balaban J connectivity index is 1.64. The third kappa shape index (κ3) is 4.49. The first-order valence-electron chi connectivity index (χ1n) is 7.38. The molecule has 0 atom stereocenters. The second-order valence-corrected chi connectivity index (χ2v) is 5.98. The maximum Gasteiger partial charge on any atom is 0.234 e. The summed E-state index contributed by atoms with van der Waals surface area (Å²) in [5.41, 5.74) is 0. The molecule has 108 valence electrons. The van der Waals surface area contributed by atoms with Crippen molar-refractivity contribution in [3.8, 4) is 0 Å². The summed E-state index contributed by atoms with van der Waals surface area (Å²) in [5, 5.41) is 6.26. The van der Waals surface area contributed by atoms with Gasteiger partial charge in [-0.15, -0.1) is 0 Å². The van der Waals surface area contributed by atoms with Crippen LogP contribution >= 0.6 is 0 Å². The number of hydrogen-bond acceptors (Lipinski definition) is 3. The highest BCUT2D eigenvalue weighted by molar-refractivity contribution is 5.79. The minimum atomic E-state index is 0.0638. The highest BCUT2D eigenvalue weighted by atomic mass is 16.2. The predicted octanol–water partition coefficient (Wildman–Crippen LogP) is 0.502. The highest BCUT2D eigenvalue weighted by Crippen LogP contribution is 2.18. The van der Waals surface area contributed by atoms with Gasteiger partial charge < -0.3 is 15.5 Å². The SMILES string of the molecule is CC(C)C(=O)N1CCC(NC(=O)CNC2CC2)CC1. The van der Waals surface area contributed by atoms with Gasteiger partial charge >= 0.3 is 0 Å². The van der Waals surface area contributed by atoms with Crippen molar-refractivity contribution < 1.29 is 9.59 Å². The molecule has 0 aromatic carbocycles. The Morgan fingerprint density at radius 2 is 1.74 bits per heavy atom. The maximum absolute atomic E-state index is 11.8. The molecule has 1 aliphatic heterocycles. The zero-order chi connectivity index (χ0) is 13.8. The lowest BCUT2D eigenvalue weighted by molar-refractivity contribution is -0.135. The molecule has 1 heterocycles. The molecule has 0 bridgehead atoms. The predicted molar refractivity (Wildman–Crippen MR) is 73.6 cm³/mol. The number of carbonyl (C=O) groups excluding carboxylic acids is 2. The number of rotatable bonds is 5. The molecule has 0 aromatic heterocycles. The minimum absolute atomic E-state index is 0.0638. The number of carbonyl (C=O) groups is 2. The summed E-state index contributed by atoms with van der Waals surface area (Å²) >= 11 is 0. The molecule has 19 heavy (non-hydrogen) atoms. The molecule has 1 aliphatic carbocycles. The third-order valence-electron chi connectivity index (χ3n) is 3.79. The monoisotopic (exact) mass is 267 g/mol. The van der Waals surface area contributed by atoms with E-state index < -0.39 is 0 Å². The standard InChI is InChI=1S/C14H25N3O2/c1-10(2)14(19)17-7-5-12(6-8-17)16-13(18)9-15-11-3-4-11/h10-12,15H,3-9H2,1-2H3,(H,16,18). The molecule has 2 rings (SSSR count). The molecule has 0 unspecified atom stereocenters. The third-order valence-corrected chi connectivity index (χ3v) is 3.79. The Morgan fingerprint density at radius 1 is 1.11 bits per heavy atom. The van der Waals surface area contributed by atoms with Crippen LogP contribution < -0.4 is 10.6 Å². The van der Waals surface area contributed by atoms with E-state index in [1.54, 1.807) is 0 Å². The van der Waals surface area contributed by atoms with Crippen molar-refractivity contribution in [3.63, 3.8) is 0 Å². The highest BCUT2D eigenvalue weighted by Gasteiger charge is 2.26. The molecule has 2 aliphatic rings. The number of likely N-dealkylation sites (tertiary alicyclic amines) is 1. The van der Waals surface area contributed by atoms with Gasteiger partial charge in [-0.25, -0.2) is 0 Å². The van der Waals surface area contributed by atoms with Crippen LogP contribution in [0.15, 0.2) is 0 Å². The van der Waals surface area contributed by atoms with Crippen LogP contribution in [0.4, 0.5) is 0 Å². The van der Waals surface area contributed by atoms with Crippen molar-refractivity contribution in [3.05, 3.63) is 0 Å². The topological polar surface area (TPSA) is 61.4 Å². The van der Waals surface area contributed by atoms with Gasteiger partial charge in [-0.05, 0) is 25.7 Å². The second kappa shape index (κ2) is 6.37. The van der Waals surface area contributed by atoms with E-state index in [0.717, 1.165) is 25.9 Å². The maximum atomic E-state index is 11.8. The fourth-order valence-electron chi connectivity index (χ4n) is 2.41. The van der Waals surface area contributed by atoms with Crippen LogP contribution in [-0.4, -0.2) is 48.4 Å². The van der Waals surface area contributed by atoms with Crippen LogP contribution in [0.1, 0.15) is 39.5 Å². The Kier molecular flexibility index (Phi) is 4.80. The van der Waals surface area contributed by atoms with Crippen molar-refractivity contribution in [2.75, 3.05) is 19.6 Å². The Hall–Kier alpha value is -1.10. The van der Waals surface area contributed by atoms with E-state index in [4.69, 9.17) is 0 Å². The van der Waals surface area contributed by atoms with Crippen molar-refractivity contribution in [2.24, 2.45) is 5.92 Å². The van der Waals surface area contributed by atoms with Crippen molar-refractivity contribution in [1.29, 1.82) is 0 Å². The lowest BCUT2D eigenvalue weighted by atomic mass is 10.0. The molecule has 2 fully saturated rings. The molecule has 5 heteroatoms.